The molecular weight excluding hydrogens is 316 g/mol. The van der Waals surface area contributed by atoms with Gasteiger partial charge in [0.05, 0.1) is 38.3 Å². The Morgan fingerprint density at radius 1 is 0.875 bits per heavy atom. The molecule has 0 spiro atoms. The zero-order valence-corrected chi connectivity index (χ0v) is 14.9. The second kappa shape index (κ2) is 8.75. The smallest absolute Gasteiger partial charge is 0.306 e. The normalized spacial score (nSPS) is 28.3. The number of ether oxygens (including phenoxy) is 2. The quantitative estimate of drug-likeness (QED) is 0.580. The van der Waals surface area contributed by atoms with E-state index in [1.807, 2.05) is 27.7 Å². The van der Waals surface area contributed by atoms with Crippen molar-refractivity contribution in [2.24, 2.45) is 0 Å². The molecule has 140 valence electrons. The molecule has 0 aromatic heterocycles. The third kappa shape index (κ3) is 8.58. The molecule has 8 heteroatoms. The molecule has 0 saturated carbocycles. The van der Waals surface area contributed by atoms with Crippen LogP contribution in [0.5, 0.6) is 0 Å². The van der Waals surface area contributed by atoms with E-state index in [0.717, 1.165) is 0 Å². The zero-order chi connectivity index (χ0) is 18.4. The van der Waals surface area contributed by atoms with Crippen molar-refractivity contribution in [3.8, 4) is 0 Å². The summed E-state index contributed by atoms with van der Waals surface area (Å²) >= 11 is 0. The van der Waals surface area contributed by atoms with Gasteiger partial charge in [0.2, 0.25) is 0 Å². The summed E-state index contributed by atoms with van der Waals surface area (Å²) in [7, 11) is 0. The van der Waals surface area contributed by atoms with E-state index in [1.165, 1.54) is 0 Å². The van der Waals surface area contributed by atoms with E-state index in [4.69, 9.17) is 19.7 Å². The minimum absolute atomic E-state index is 0.0188. The number of rotatable bonds is 4. The summed E-state index contributed by atoms with van der Waals surface area (Å²) in [5.74, 6) is -1.61. The lowest BCUT2D eigenvalue weighted by Crippen LogP contribution is -2.53. The molecule has 0 unspecified atom stereocenters. The second-order valence-corrected chi connectivity index (χ2v) is 7.59. The Morgan fingerprint density at radius 3 is 1.42 bits per heavy atom. The van der Waals surface area contributed by atoms with E-state index < -0.39 is 11.9 Å². The number of carboxylic acids is 2. The minimum atomic E-state index is -0.804. The number of hydrogen-bond acceptors (Lipinski definition) is 6. The SMILES string of the molecule is CC1(C)CO[C@@H](CC(=O)O)CN1.CC1(C)CO[C@@H](CC(=O)O)CN1. The van der Waals surface area contributed by atoms with Gasteiger partial charge in [0, 0.05) is 24.2 Å². The zero-order valence-electron chi connectivity index (χ0n) is 14.9. The predicted octanol–water partition coefficient (Wildman–Crippen LogP) is 0.456. The van der Waals surface area contributed by atoms with Crippen molar-refractivity contribution in [2.75, 3.05) is 26.3 Å². The van der Waals surface area contributed by atoms with Crippen LogP contribution in [0, 0.1) is 0 Å². The first-order valence-corrected chi connectivity index (χ1v) is 8.16. The average molecular weight is 346 g/mol. The molecule has 0 aliphatic carbocycles. The van der Waals surface area contributed by atoms with Crippen LogP contribution in [0.15, 0.2) is 0 Å². The summed E-state index contributed by atoms with van der Waals surface area (Å²) in [5.41, 5.74) is -0.0377. The molecule has 8 nitrogen and oxygen atoms in total. The molecule has 2 saturated heterocycles. The van der Waals surface area contributed by atoms with Gasteiger partial charge in [-0.3, -0.25) is 9.59 Å². The molecular formula is C16H30N2O6. The number of aliphatic carboxylic acids is 2. The van der Waals surface area contributed by atoms with Gasteiger partial charge in [-0.05, 0) is 27.7 Å². The summed E-state index contributed by atoms with van der Waals surface area (Å²) in [6, 6.07) is 0. The fourth-order valence-corrected chi connectivity index (χ4v) is 2.30. The molecule has 2 aliphatic heterocycles. The van der Waals surface area contributed by atoms with E-state index in [0.29, 0.717) is 26.3 Å². The maximum atomic E-state index is 10.3. The highest BCUT2D eigenvalue weighted by Gasteiger charge is 2.28. The molecule has 2 atom stereocenters. The second-order valence-electron chi connectivity index (χ2n) is 7.59. The lowest BCUT2D eigenvalue weighted by atomic mass is 10.0. The van der Waals surface area contributed by atoms with Crippen molar-refractivity contribution in [2.45, 2.75) is 63.8 Å². The first-order chi connectivity index (χ1) is 11.0. The van der Waals surface area contributed by atoms with Gasteiger partial charge in [-0.25, -0.2) is 0 Å². The first kappa shape index (κ1) is 20.8. The monoisotopic (exact) mass is 346 g/mol. The van der Waals surface area contributed by atoms with Crippen LogP contribution in [0.4, 0.5) is 0 Å². The summed E-state index contributed by atoms with van der Waals surface area (Å²) in [4.78, 5) is 20.6. The van der Waals surface area contributed by atoms with Crippen molar-refractivity contribution in [1.82, 2.24) is 10.6 Å². The van der Waals surface area contributed by atoms with Crippen molar-refractivity contribution < 1.29 is 29.3 Å². The van der Waals surface area contributed by atoms with E-state index in [9.17, 15) is 9.59 Å². The molecule has 2 rings (SSSR count). The molecule has 2 aliphatic rings. The Hall–Kier alpha value is -1.22. The Morgan fingerprint density at radius 2 is 1.21 bits per heavy atom. The molecule has 0 aromatic carbocycles. The van der Waals surface area contributed by atoms with Crippen LogP contribution in [0.3, 0.4) is 0 Å². The van der Waals surface area contributed by atoms with Crippen molar-refractivity contribution in [3.63, 3.8) is 0 Å². The van der Waals surface area contributed by atoms with Gasteiger partial charge in [0.15, 0.2) is 0 Å². The minimum Gasteiger partial charge on any atom is -0.481 e. The van der Waals surface area contributed by atoms with Crippen LogP contribution < -0.4 is 10.6 Å². The Kier molecular flexibility index (Phi) is 7.59. The van der Waals surface area contributed by atoms with Gasteiger partial charge in [0.1, 0.15) is 0 Å². The fraction of sp³-hybridized carbons (Fsp3) is 0.875. The third-order valence-corrected chi connectivity index (χ3v) is 3.78. The van der Waals surface area contributed by atoms with Crippen LogP contribution in [0.2, 0.25) is 0 Å². The van der Waals surface area contributed by atoms with Gasteiger partial charge < -0.3 is 30.3 Å². The van der Waals surface area contributed by atoms with Crippen molar-refractivity contribution in [1.29, 1.82) is 0 Å². The van der Waals surface area contributed by atoms with Gasteiger partial charge in [-0.2, -0.15) is 0 Å². The van der Waals surface area contributed by atoms with E-state index in [-0.39, 0.29) is 36.1 Å². The van der Waals surface area contributed by atoms with Crippen LogP contribution in [-0.4, -0.2) is 71.7 Å². The lowest BCUT2D eigenvalue weighted by molar-refractivity contribution is -0.142. The molecule has 24 heavy (non-hydrogen) atoms. The maximum absolute atomic E-state index is 10.3. The van der Waals surface area contributed by atoms with Gasteiger partial charge in [0.25, 0.3) is 0 Å². The highest BCUT2D eigenvalue weighted by Crippen LogP contribution is 2.13. The Bertz CT molecular complexity index is 378. The summed E-state index contributed by atoms with van der Waals surface area (Å²) in [6.45, 7) is 10.5. The molecule has 0 aromatic rings. The van der Waals surface area contributed by atoms with Crippen LogP contribution >= 0.6 is 0 Å². The highest BCUT2D eigenvalue weighted by molar-refractivity contribution is 5.67. The number of nitrogens with one attached hydrogen (secondary N) is 2. The topological polar surface area (TPSA) is 117 Å². The summed E-state index contributed by atoms with van der Waals surface area (Å²) < 4.78 is 10.7. The van der Waals surface area contributed by atoms with Gasteiger partial charge in [-0.1, -0.05) is 0 Å². The summed E-state index contributed by atoms with van der Waals surface area (Å²) in [5, 5.41) is 23.4. The van der Waals surface area contributed by atoms with Crippen molar-refractivity contribution in [3.05, 3.63) is 0 Å². The molecule has 0 radical (unpaired) electrons. The number of hydrogen-bond donors (Lipinski definition) is 4. The molecule has 2 fully saturated rings. The number of carboxylic acid groups (broad SMARTS) is 2. The van der Waals surface area contributed by atoms with E-state index >= 15 is 0 Å². The fourth-order valence-electron chi connectivity index (χ4n) is 2.30. The lowest BCUT2D eigenvalue weighted by Gasteiger charge is -2.35. The van der Waals surface area contributed by atoms with Crippen molar-refractivity contribution >= 4 is 11.9 Å². The van der Waals surface area contributed by atoms with E-state index in [1.54, 1.807) is 0 Å². The van der Waals surface area contributed by atoms with Crippen LogP contribution in [-0.2, 0) is 19.1 Å². The average Bonchev–Trinajstić information content (AvgIpc) is 2.44. The maximum Gasteiger partial charge on any atom is 0.306 e. The summed E-state index contributed by atoms with van der Waals surface area (Å²) in [6.07, 6.45) is -0.169. The molecule has 4 N–H and O–H groups in total. The Labute approximate surface area is 142 Å². The predicted molar refractivity (Wildman–Crippen MR) is 88.1 cm³/mol. The van der Waals surface area contributed by atoms with Gasteiger partial charge in [-0.15, -0.1) is 0 Å². The molecule has 2 heterocycles. The largest absolute Gasteiger partial charge is 0.481 e. The number of morpholine rings is 2. The molecule has 0 bridgehead atoms. The van der Waals surface area contributed by atoms with E-state index in [2.05, 4.69) is 10.6 Å². The van der Waals surface area contributed by atoms with Crippen LogP contribution in [0.1, 0.15) is 40.5 Å². The Balaban J connectivity index is 0.000000240. The molecule has 0 amide bonds. The highest BCUT2D eigenvalue weighted by atomic mass is 16.5. The standard InChI is InChI=1S/2C8H15NO3/c2*1-8(2)5-12-6(4-9-8)3-7(10)11/h2*6,9H,3-5H2,1-2H3,(H,10,11)/t2*6-/m00/s1. The van der Waals surface area contributed by atoms with Gasteiger partial charge >= 0.3 is 11.9 Å². The van der Waals surface area contributed by atoms with Crippen LogP contribution in [0.25, 0.3) is 0 Å². The number of carbonyl (C=O) groups is 2. The third-order valence-electron chi connectivity index (χ3n) is 3.78. The first-order valence-electron chi connectivity index (χ1n) is 8.16.